The van der Waals surface area contributed by atoms with E-state index in [-0.39, 0.29) is 25.7 Å². The van der Waals surface area contributed by atoms with Crippen LogP contribution in [0.4, 0.5) is 0 Å². The van der Waals surface area contributed by atoms with Crippen LogP contribution in [-0.2, 0) is 65.4 Å². The molecule has 97 heavy (non-hydrogen) atoms. The lowest BCUT2D eigenvalue weighted by atomic mass is 10.0. The highest BCUT2D eigenvalue weighted by Gasteiger charge is 2.30. The molecule has 19 heteroatoms. The first-order valence-electron chi connectivity index (χ1n) is 40.5. The monoisotopic (exact) mass is 1420 g/mol. The largest absolute Gasteiger partial charge is 0.472 e. The van der Waals surface area contributed by atoms with Gasteiger partial charge in [-0.25, -0.2) is 9.13 Å². The SMILES string of the molecule is CCCCCCCCCCCCCCCCCCCCCCC(=O)O[C@H](COC(=O)CCCCCCCCCCCCCCCCCCCC)COP(=O)(O)OC[C@@H](O)COP(=O)(O)OC[C@@H](COC(=O)CCCCCCCCC(C)C)OC(=O)CCCCCCCCCC(C)C. The van der Waals surface area contributed by atoms with Crippen LogP contribution in [0.5, 0.6) is 0 Å². The van der Waals surface area contributed by atoms with Crippen molar-refractivity contribution in [2.24, 2.45) is 11.8 Å². The van der Waals surface area contributed by atoms with Crippen LogP contribution in [0.15, 0.2) is 0 Å². The Bertz CT molecular complexity index is 1870. The summed E-state index contributed by atoms with van der Waals surface area (Å²) in [7, 11) is -9.91. The minimum atomic E-state index is -4.96. The Labute approximate surface area is 594 Å². The fourth-order valence-electron chi connectivity index (χ4n) is 12.0. The van der Waals surface area contributed by atoms with Gasteiger partial charge in [-0.2, -0.15) is 0 Å². The average Bonchev–Trinajstić information content (AvgIpc) is 1.03. The molecular formula is C78H152O17P2. The lowest BCUT2D eigenvalue weighted by Crippen LogP contribution is -2.30. The summed E-state index contributed by atoms with van der Waals surface area (Å²) in [5.74, 6) is -0.744. The highest BCUT2D eigenvalue weighted by atomic mass is 31.2. The van der Waals surface area contributed by atoms with Gasteiger partial charge in [0, 0.05) is 25.7 Å². The second kappa shape index (κ2) is 69.8. The van der Waals surface area contributed by atoms with Gasteiger partial charge in [0.1, 0.15) is 19.3 Å². The Morgan fingerprint density at radius 1 is 0.278 bits per heavy atom. The van der Waals surface area contributed by atoms with Gasteiger partial charge in [0.2, 0.25) is 0 Å². The molecule has 0 heterocycles. The molecule has 0 saturated carbocycles. The van der Waals surface area contributed by atoms with E-state index < -0.39 is 97.5 Å². The average molecular weight is 1420 g/mol. The van der Waals surface area contributed by atoms with Gasteiger partial charge in [-0.05, 0) is 37.5 Å². The van der Waals surface area contributed by atoms with E-state index in [4.69, 9.17) is 37.0 Å². The van der Waals surface area contributed by atoms with E-state index in [0.29, 0.717) is 37.5 Å². The molecule has 0 aliphatic rings. The molecule has 0 aliphatic heterocycles. The van der Waals surface area contributed by atoms with E-state index in [0.717, 1.165) is 96.3 Å². The maximum atomic E-state index is 13.1. The predicted octanol–water partition coefficient (Wildman–Crippen LogP) is 23.1. The number of unbranched alkanes of at least 4 members (excludes halogenated alkanes) is 47. The van der Waals surface area contributed by atoms with Gasteiger partial charge in [0.15, 0.2) is 12.2 Å². The van der Waals surface area contributed by atoms with Gasteiger partial charge in [-0.3, -0.25) is 37.3 Å². The molecule has 2 unspecified atom stereocenters. The normalized spacial score (nSPS) is 14.0. The Hall–Kier alpha value is -1.94. The third kappa shape index (κ3) is 72.2. The summed E-state index contributed by atoms with van der Waals surface area (Å²) >= 11 is 0. The summed E-state index contributed by atoms with van der Waals surface area (Å²) in [6.07, 6.45) is 58.8. The fourth-order valence-corrected chi connectivity index (χ4v) is 13.6. The molecule has 0 aromatic heterocycles. The number of rotatable bonds is 77. The molecule has 0 radical (unpaired) electrons. The third-order valence-electron chi connectivity index (χ3n) is 18.2. The minimum Gasteiger partial charge on any atom is -0.462 e. The van der Waals surface area contributed by atoms with Crippen molar-refractivity contribution < 1.29 is 80.2 Å². The van der Waals surface area contributed by atoms with Gasteiger partial charge >= 0.3 is 39.5 Å². The number of phosphoric acid groups is 2. The summed E-state index contributed by atoms with van der Waals surface area (Å²) in [6.45, 7) is 9.46. The van der Waals surface area contributed by atoms with Gasteiger partial charge in [0.25, 0.3) is 0 Å². The molecule has 0 fully saturated rings. The highest BCUT2D eigenvalue weighted by molar-refractivity contribution is 7.47. The molecule has 0 bridgehead atoms. The van der Waals surface area contributed by atoms with Gasteiger partial charge in [-0.1, -0.05) is 356 Å². The lowest BCUT2D eigenvalue weighted by Gasteiger charge is -2.21. The molecule has 0 amide bonds. The number of carbonyl (C=O) groups excluding carboxylic acids is 4. The summed E-state index contributed by atoms with van der Waals surface area (Å²) in [5.41, 5.74) is 0. The van der Waals surface area contributed by atoms with Crippen molar-refractivity contribution in [3.8, 4) is 0 Å². The Kier molecular flexibility index (Phi) is 68.4. The van der Waals surface area contributed by atoms with E-state index >= 15 is 0 Å². The summed E-state index contributed by atoms with van der Waals surface area (Å²) in [6, 6.07) is 0. The molecule has 5 atom stereocenters. The number of carbonyl (C=O) groups is 4. The van der Waals surface area contributed by atoms with Crippen LogP contribution in [0.2, 0.25) is 0 Å². The number of hydrogen-bond donors (Lipinski definition) is 3. The van der Waals surface area contributed by atoms with Crippen LogP contribution in [0.1, 0.15) is 408 Å². The van der Waals surface area contributed by atoms with Crippen molar-refractivity contribution in [1.29, 1.82) is 0 Å². The van der Waals surface area contributed by atoms with E-state index in [1.807, 2.05) is 0 Å². The standard InChI is InChI=1S/C78H152O17P2/c1-7-9-11-13-15-17-19-21-23-25-27-28-30-32-34-36-38-42-50-56-62-77(82)94-73(66-88-75(80)60-54-48-41-37-35-33-31-29-26-24-22-20-18-16-14-12-10-8-2)68-92-96(84,85)90-64-72(79)65-91-97(86,87)93-69-74(67-89-76(81)61-55-49-45-44-47-53-59-71(5)6)95-78(83)63-57-51-43-39-40-46-52-58-70(3)4/h70-74,79H,7-69H2,1-6H3,(H,84,85)(H,86,87)/t72-,73-,74-/m1/s1. The maximum absolute atomic E-state index is 13.1. The van der Waals surface area contributed by atoms with Crippen molar-refractivity contribution in [3.05, 3.63) is 0 Å². The van der Waals surface area contributed by atoms with E-state index in [1.165, 1.54) is 218 Å². The summed E-state index contributed by atoms with van der Waals surface area (Å²) in [5, 5.41) is 10.6. The van der Waals surface area contributed by atoms with E-state index in [1.54, 1.807) is 0 Å². The van der Waals surface area contributed by atoms with Crippen LogP contribution < -0.4 is 0 Å². The molecule has 0 aromatic carbocycles. The molecule has 0 aromatic rings. The molecule has 3 N–H and O–H groups in total. The molecule has 0 spiro atoms. The van der Waals surface area contributed by atoms with Crippen molar-refractivity contribution in [2.45, 2.75) is 426 Å². The van der Waals surface area contributed by atoms with E-state index in [2.05, 4.69) is 41.5 Å². The van der Waals surface area contributed by atoms with Gasteiger partial charge < -0.3 is 33.8 Å². The Balaban J connectivity index is 5.19. The zero-order valence-corrected chi connectivity index (χ0v) is 65.2. The first-order valence-corrected chi connectivity index (χ1v) is 43.5. The number of esters is 4. The quantitative estimate of drug-likeness (QED) is 0.0222. The topological polar surface area (TPSA) is 237 Å². The second-order valence-electron chi connectivity index (χ2n) is 29.1. The molecule has 576 valence electrons. The Morgan fingerprint density at radius 2 is 0.474 bits per heavy atom. The first kappa shape index (κ1) is 95.1. The minimum absolute atomic E-state index is 0.103. The van der Waals surface area contributed by atoms with Crippen LogP contribution in [0, 0.1) is 11.8 Å². The van der Waals surface area contributed by atoms with Gasteiger partial charge in [-0.15, -0.1) is 0 Å². The smallest absolute Gasteiger partial charge is 0.462 e. The summed E-state index contributed by atoms with van der Waals surface area (Å²) < 4.78 is 68.5. The maximum Gasteiger partial charge on any atom is 0.472 e. The van der Waals surface area contributed by atoms with Crippen LogP contribution in [-0.4, -0.2) is 96.7 Å². The Morgan fingerprint density at radius 3 is 0.701 bits per heavy atom. The van der Waals surface area contributed by atoms with Crippen molar-refractivity contribution >= 4 is 39.5 Å². The van der Waals surface area contributed by atoms with Gasteiger partial charge in [0.05, 0.1) is 26.4 Å². The molecular weight excluding hydrogens is 1270 g/mol. The summed E-state index contributed by atoms with van der Waals surface area (Å²) in [4.78, 5) is 72.8. The van der Waals surface area contributed by atoms with Crippen molar-refractivity contribution in [3.63, 3.8) is 0 Å². The molecule has 17 nitrogen and oxygen atoms in total. The number of ether oxygens (including phenoxy) is 4. The fraction of sp³-hybridized carbons (Fsp3) is 0.949. The van der Waals surface area contributed by atoms with Crippen LogP contribution in [0.25, 0.3) is 0 Å². The first-order chi connectivity index (χ1) is 46.9. The third-order valence-corrected chi connectivity index (χ3v) is 20.1. The predicted molar refractivity (Wildman–Crippen MR) is 395 cm³/mol. The zero-order chi connectivity index (χ0) is 71.4. The van der Waals surface area contributed by atoms with Crippen molar-refractivity contribution in [1.82, 2.24) is 0 Å². The highest BCUT2D eigenvalue weighted by Crippen LogP contribution is 2.45. The molecule has 0 saturated heterocycles. The van der Waals surface area contributed by atoms with Crippen LogP contribution in [0.3, 0.4) is 0 Å². The number of hydrogen-bond acceptors (Lipinski definition) is 15. The molecule has 0 aliphatic carbocycles. The zero-order valence-electron chi connectivity index (χ0n) is 63.4. The number of aliphatic hydroxyl groups excluding tert-OH is 1. The van der Waals surface area contributed by atoms with E-state index in [9.17, 15) is 43.2 Å². The second-order valence-corrected chi connectivity index (χ2v) is 32.0. The van der Waals surface area contributed by atoms with Crippen molar-refractivity contribution in [2.75, 3.05) is 39.6 Å². The number of aliphatic hydroxyl groups is 1. The number of phosphoric ester groups is 2. The molecule has 0 rings (SSSR count). The lowest BCUT2D eigenvalue weighted by molar-refractivity contribution is -0.161. The van der Waals surface area contributed by atoms with Crippen LogP contribution >= 0.6 is 15.6 Å².